The lowest BCUT2D eigenvalue weighted by atomic mass is 9.75. The van der Waals surface area contributed by atoms with Gasteiger partial charge < -0.3 is 5.11 Å². The number of hydrogen-bond donors (Lipinski definition) is 1. The lowest BCUT2D eigenvalue weighted by Crippen LogP contribution is -2.33. The first-order valence-electron chi connectivity index (χ1n) is 5.13. The van der Waals surface area contributed by atoms with Gasteiger partial charge in [0.1, 0.15) is 5.78 Å². The SMILES string of the molecule is CC(C)(C)C(=O)[C@@H]1CCC[C@@H](O)C1. The molecule has 0 radical (unpaired) electrons. The zero-order chi connectivity index (χ0) is 10.1. The van der Waals surface area contributed by atoms with Crippen molar-refractivity contribution < 1.29 is 9.90 Å². The summed E-state index contributed by atoms with van der Waals surface area (Å²) in [4.78, 5) is 11.9. The summed E-state index contributed by atoms with van der Waals surface area (Å²) in [5.41, 5.74) is -0.248. The Labute approximate surface area is 80.3 Å². The van der Waals surface area contributed by atoms with E-state index in [1.54, 1.807) is 0 Å². The van der Waals surface area contributed by atoms with Gasteiger partial charge >= 0.3 is 0 Å². The molecular weight excluding hydrogens is 164 g/mol. The summed E-state index contributed by atoms with van der Waals surface area (Å²) in [6.45, 7) is 5.86. The monoisotopic (exact) mass is 184 g/mol. The molecule has 1 N–H and O–H groups in total. The van der Waals surface area contributed by atoms with Crippen molar-refractivity contribution in [3.8, 4) is 0 Å². The van der Waals surface area contributed by atoms with E-state index in [1.807, 2.05) is 20.8 Å². The van der Waals surface area contributed by atoms with Crippen LogP contribution >= 0.6 is 0 Å². The minimum absolute atomic E-state index is 0.101. The van der Waals surface area contributed by atoms with E-state index < -0.39 is 0 Å². The van der Waals surface area contributed by atoms with E-state index in [-0.39, 0.29) is 17.4 Å². The Bertz CT molecular complexity index is 191. The Morgan fingerprint density at radius 3 is 2.38 bits per heavy atom. The number of hydrogen-bond acceptors (Lipinski definition) is 2. The van der Waals surface area contributed by atoms with Gasteiger partial charge in [-0.3, -0.25) is 4.79 Å². The minimum Gasteiger partial charge on any atom is -0.393 e. The van der Waals surface area contributed by atoms with Gasteiger partial charge in [0.15, 0.2) is 0 Å². The van der Waals surface area contributed by atoms with Crippen molar-refractivity contribution in [1.82, 2.24) is 0 Å². The summed E-state index contributed by atoms with van der Waals surface area (Å²) in [6.07, 6.45) is 3.26. The third-order valence-corrected chi connectivity index (χ3v) is 2.76. The second kappa shape index (κ2) is 3.79. The number of rotatable bonds is 1. The van der Waals surface area contributed by atoms with Crippen molar-refractivity contribution in [3.63, 3.8) is 0 Å². The van der Waals surface area contributed by atoms with E-state index >= 15 is 0 Å². The van der Waals surface area contributed by atoms with Crippen LogP contribution in [0.2, 0.25) is 0 Å². The lowest BCUT2D eigenvalue weighted by molar-refractivity contribution is -0.132. The zero-order valence-electron chi connectivity index (χ0n) is 8.84. The Morgan fingerprint density at radius 1 is 1.31 bits per heavy atom. The molecule has 0 saturated heterocycles. The molecule has 0 unspecified atom stereocenters. The van der Waals surface area contributed by atoms with Crippen LogP contribution < -0.4 is 0 Å². The van der Waals surface area contributed by atoms with Crippen LogP contribution in [0.1, 0.15) is 46.5 Å². The summed E-state index contributed by atoms with van der Waals surface area (Å²) in [5, 5.41) is 9.44. The molecule has 0 amide bonds. The first-order valence-corrected chi connectivity index (χ1v) is 5.13. The number of ketones is 1. The maximum absolute atomic E-state index is 11.9. The molecule has 2 heteroatoms. The average Bonchev–Trinajstić information content (AvgIpc) is 2.01. The van der Waals surface area contributed by atoms with E-state index in [0.29, 0.717) is 12.2 Å². The van der Waals surface area contributed by atoms with Gasteiger partial charge in [0, 0.05) is 11.3 Å². The minimum atomic E-state index is -0.248. The topological polar surface area (TPSA) is 37.3 Å². The fourth-order valence-corrected chi connectivity index (χ4v) is 2.01. The molecule has 0 aromatic rings. The first-order chi connectivity index (χ1) is 5.91. The summed E-state index contributed by atoms with van der Waals surface area (Å²) in [5.74, 6) is 0.412. The van der Waals surface area contributed by atoms with E-state index in [4.69, 9.17) is 0 Å². The fraction of sp³-hybridized carbons (Fsp3) is 0.909. The van der Waals surface area contributed by atoms with Crippen molar-refractivity contribution in [2.45, 2.75) is 52.6 Å². The Morgan fingerprint density at radius 2 is 1.92 bits per heavy atom. The van der Waals surface area contributed by atoms with Gasteiger partial charge in [-0.15, -0.1) is 0 Å². The highest BCUT2D eigenvalue weighted by Gasteiger charge is 2.32. The Kier molecular flexibility index (Phi) is 3.12. The molecule has 1 saturated carbocycles. The molecule has 0 heterocycles. The molecule has 1 fully saturated rings. The summed E-state index contributed by atoms with van der Waals surface area (Å²) in [7, 11) is 0. The third-order valence-electron chi connectivity index (χ3n) is 2.76. The van der Waals surface area contributed by atoms with Crippen molar-refractivity contribution in [1.29, 1.82) is 0 Å². The zero-order valence-corrected chi connectivity index (χ0v) is 8.84. The average molecular weight is 184 g/mol. The molecule has 0 aromatic carbocycles. The lowest BCUT2D eigenvalue weighted by Gasteiger charge is -2.29. The van der Waals surface area contributed by atoms with Crippen LogP contribution in [0.15, 0.2) is 0 Å². The van der Waals surface area contributed by atoms with Crippen LogP contribution in [-0.4, -0.2) is 17.0 Å². The number of carbonyl (C=O) groups is 1. The van der Waals surface area contributed by atoms with Crippen LogP contribution in [-0.2, 0) is 4.79 Å². The molecule has 2 nitrogen and oxygen atoms in total. The van der Waals surface area contributed by atoms with E-state index in [1.165, 1.54) is 0 Å². The van der Waals surface area contributed by atoms with Crippen molar-refractivity contribution in [2.24, 2.45) is 11.3 Å². The highest BCUT2D eigenvalue weighted by molar-refractivity contribution is 5.86. The van der Waals surface area contributed by atoms with Gasteiger partial charge in [-0.2, -0.15) is 0 Å². The van der Waals surface area contributed by atoms with Crippen LogP contribution in [0.25, 0.3) is 0 Å². The van der Waals surface area contributed by atoms with Gasteiger partial charge in [0.05, 0.1) is 6.10 Å². The molecular formula is C11H20O2. The number of carbonyl (C=O) groups excluding carboxylic acids is 1. The smallest absolute Gasteiger partial charge is 0.141 e. The van der Waals surface area contributed by atoms with Crippen molar-refractivity contribution >= 4 is 5.78 Å². The molecule has 1 aliphatic carbocycles. The maximum Gasteiger partial charge on any atom is 0.141 e. The molecule has 1 rings (SSSR count). The molecule has 0 aromatic heterocycles. The number of Topliss-reactive ketones (excluding diaryl/α,β-unsaturated/α-hetero) is 1. The molecule has 13 heavy (non-hydrogen) atoms. The standard InChI is InChI=1S/C11H20O2/c1-11(2,3)10(13)8-5-4-6-9(12)7-8/h8-9,12H,4-7H2,1-3H3/t8-,9-/m1/s1. The second-order valence-corrected chi connectivity index (χ2v) is 5.13. The second-order valence-electron chi connectivity index (χ2n) is 5.13. The molecule has 0 aliphatic heterocycles. The summed E-state index contributed by atoms with van der Waals surface area (Å²) < 4.78 is 0. The Hall–Kier alpha value is -0.370. The fourth-order valence-electron chi connectivity index (χ4n) is 2.01. The number of aliphatic hydroxyl groups excluding tert-OH is 1. The summed E-state index contributed by atoms with van der Waals surface area (Å²) >= 11 is 0. The van der Waals surface area contributed by atoms with Gasteiger partial charge in [0.25, 0.3) is 0 Å². The van der Waals surface area contributed by atoms with Crippen molar-refractivity contribution in [2.75, 3.05) is 0 Å². The Balaban J connectivity index is 2.56. The predicted octanol–water partition coefficient (Wildman–Crippen LogP) is 2.15. The van der Waals surface area contributed by atoms with E-state index in [0.717, 1.165) is 19.3 Å². The highest BCUT2D eigenvalue weighted by Crippen LogP contribution is 2.31. The molecule has 76 valence electrons. The van der Waals surface area contributed by atoms with Gasteiger partial charge in [-0.25, -0.2) is 0 Å². The van der Waals surface area contributed by atoms with E-state index in [9.17, 15) is 9.90 Å². The van der Waals surface area contributed by atoms with Crippen LogP contribution in [0.4, 0.5) is 0 Å². The highest BCUT2D eigenvalue weighted by atomic mass is 16.3. The van der Waals surface area contributed by atoms with Gasteiger partial charge in [-0.1, -0.05) is 27.2 Å². The third kappa shape index (κ3) is 2.80. The first kappa shape index (κ1) is 10.7. The summed E-state index contributed by atoms with van der Waals surface area (Å²) in [6, 6.07) is 0. The van der Waals surface area contributed by atoms with Gasteiger partial charge in [0.2, 0.25) is 0 Å². The maximum atomic E-state index is 11.9. The molecule has 2 atom stereocenters. The normalized spacial score (nSPS) is 30.2. The van der Waals surface area contributed by atoms with Crippen molar-refractivity contribution in [3.05, 3.63) is 0 Å². The molecule has 0 bridgehead atoms. The predicted molar refractivity (Wildman–Crippen MR) is 52.4 cm³/mol. The van der Waals surface area contributed by atoms with E-state index in [2.05, 4.69) is 0 Å². The van der Waals surface area contributed by atoms with Crippen LogP contribution in [0.3, 0.4) is 0 Å². The number of aliphatic hydroxyl groups is 1. The molecule has 1 aliphatic rings. The van der Waals surface area contributed by atoms with Gasteiger partial charge in [-0.05, 0) is 19.3 Å². The quantitative estimate of drug-likeness (QED) is 0.678. The van der Waals surface area contributed by atoms with Crippen LogP contribution in [0, 0.1) is 11.3 Å². The largest absolute Gasteiger partial charge is 0.393 e. The van der Waals surface area contributed by atoms with Crippen LogP contribution in [0.5, 0.6) is 0 Å². The molecule has 0 spiro atoms.